The van der Waals surface area contributed by atoms with Gasteiger partial charge in [-0.05, 0) is 37.6 Å². The van der Waals surface area contributed by atoms with Crippen LogP contribution in [-0.2, 0) is 20.5 Å². The van der Waals surface area contributed by atoms with Gasteiger partial charge < -0.3 is 14.8 Å². The summed E-state index contributed by atoms with van der Waals surface area (Å²) in [4.78, 5) is 23.9. The third-order valence-corrected chi connectivity index (χ3v) is 3.70. The van der Waals surface area contributed by atoms with Crippen LogP contribution in [0, 0.1) is 0 Å². The van der Waals surface area contributed by atoms with Crippen LogP contribution in [0.3, 0.4) is 0 Å². The van der Waals surface area contributed by atoms with E-state index in [2.05, 4.69) is 5.32 Å². The molecule has 0 saturated heterocycles. The Morgan fingerprint density at radius 2 is 1.68 bits per heavy atom. The molecule has 0 spiro atoms. The zero-order valence-corrected chi connectivity index (χ0v) is 15.2. The standard InChI is InChI=1S/C20H20F3NO4/c1-14(19(26)24-17-11-6-5-10-16(17)20(21,22)23)28-18(25)12-7-13-27-15-8-3-2-4-9-15/h2-6,8-11,14H,7,12-13H2,1H3,(H,24,26). The molecule has 8 heteroatoms. The smallest absolute Gasteiger partial charge is 0.418 e. The van der Waals surface area contributed by atoms with Crippen LogP contribution < -0.4 is 10.1 Å². The summed E-state index contributed by atoms with van der Waals surface area (Å²) in [6.45, 7) is 1.59. The number of halogens is 3. The van der Waals surface area contributed by atoms with Crippen molar-refractivity contribution in [2.75, 3.05) is 11.9 Å². The van der Waals surface area contributed by atoms with Crippen LogP contribution in [0.2, 0.25) is 0 Å². The van der Waals surface area contributed by atoms with E-state index in [-0.39, 0.29) is 12.1 Å². The van der Waals surface area contributed by atoms with Crippen molar-refractivity contribution in [3.05, 3.63) is 60.2 Å². The van der Waals surface area contributed by atoms with E-state index in [0.29, 0.717) is 18.8 Å². The highest BCUT2D eigenvalue weighted by Gasteiger charge is 2.34. The highest BCUT2D eigenvalue weighted by atomic mass is 19.4. The van der Waals surface area contributed by atoms with E-state index < -0.39 is 29.7 Å². The molecule has 2 aromatic carbocycles. The summed E-state index contributed by atoms with van der Waals surface area (Å²) < 4.78 is 49.3. The first-order valence-electron chi connectivity index (χ1n) is 8.62. The number of carbonyl (C=O) groups is 2. The lowest BCUT2D eigenvalue weighted by atomic mass is 10.1. The average Bonchev–Trinajstić information content (AvgIpc) is 2.65. The molecule has 0 fully saturated rings. The Kier molecular flexibility index (Phi) is 7.43. The molecule has 150 valence electrons. The van der Waals surface area contributed by atoms with Gasteiger partial charge in [-0.2, -0.15) is 13.2 Å². The summed E-state index contributed by atoms with van der Waals surface area (Å²) in [7, 11) is 0. The summed E-state index contributed by atoms with van der Waals surface area (Å²) in [5, 5.41) is 2.15. The number of para-hydroxylation sites is 2. The van der Waals surface area contributed by atoms with Gasteiger partial charge in [-0.15, -0.1) is 0 Å². The number of alkyl halides is 3. The van der Waals surface area contributed by atoms with Crippen molar-refractivity contribution in [3.8, 4) is 5.75 Å². The lowest BCUT2D eigenvalue weighted by Crippen LogP contribution is -2.30. The van der Waals surface area contributed by atoms with Gasteiger partial charge in [-0.3, -0.25) is 9.59 Å². The molecule has 2 aromatic rings. The van der Waals surface area contributed by atoms with Gasteiger partial charge in [0, 0.05) is 6.42 Å². The van der Waals surface area contributed by atoms with Gasteiger partial charge in [-0.25, -0.2) is 0 Å². The number of rotatable bonds is 8. The van der Waals surface area contributed by atoms with Crippen LogP contribution in [0.1, 0.15) is 25.3 Å². The molecule has 0 heterocycles. The highest BCUT2D eigenvalue weighted by molar-refractivity contribution is 5.95. The van der Waals surface area contributed by atoms with Gasteiger partial charge in [0.05, 0.1) is 17.9 Å². The molecule has 1 amide bonds. The van der Waals surface area contributed by atoms with E-state index in [1.54, 1.807) is 12.1 Å². The normalized spacial score (nSPS) is 12.1. The molecule has 0 aliphatic heterocycles. The van der Waals surface area contributed by atoms with E-state index in [1.807, 2.05) is 18.2 Å². The Bertz CT molecular complexity index is 794. The predicted octanol–water partition coefficient (Wildman–Crippen LogP) is 4.43. The third kappa shape index (κ3) is 6.61. The van der Waals surface area contributed by atoms with Crippen molar-refractivity contribution >= 4 is 17.6 Å². The molecular formula is C20H20F3NO4. The summed E-state index contributed by atoms with van der Waals surface area (Å²) in [6, 6.07) is 13.6. The van der Waals surface area contributed by atoms with Gasteiger partial charge in [0.1, 0.15) is 5.75 Å². The second kappa shape index (κ2) is 9.77. The van der Waals surface area contributed by atoms with Gasteiger partial charge in [0.25, 0.3) is 5.91 Å². The van der Waals surface area contributed by atoms with E-state index >= 15 is 0 Å². The predicted molar refractivity (Wildman–Crippen MR) is 96.8 cm³/mol. The van der Waals surface area contributed by atoms with Crippen molar-refractivity contribution in [1.29, 1.82) is 0 Å². The molecule has 1 unspecified atom stereocenters. The maximum absolute atomic E-state index is 13.0. The first-order chi connectivity index (χ1) is 13.3. The topological polar surface area (TPSA) is 64.6 Å². The Morgan fingerprint density at radius 1 is 1.04 bits per heavy atom. The molecule has 0 bridgehead atoms. The first-order valence-corrected chi connectivity index (χ1v) is 8.62. The largest absolute Gasteiger partial charge is 0.494 e. The molecule has 0 aliphatic carbocycles. The molecule has 2 rings (SSSR count). The summed E-state index contributed by atoms with van der Waals surface area (Å²) in [5.74, 6) is -0.805. The minimum Gasteiger partial charge on any atom is -0.494 e. The maximum atomic E-state index is 13.0. The number of esters is 1. The van der Waals surface area contributed by atoms with E-state index in [0.717, 1.165) is 12.1 Å². The SMILES string of the molecule is CC(OC(=O)CCCOc1ccccc1)C(=O)Nc1ccccc1C(F)(F)F. The van der Waals surface area contributed by atoms with Gasteiger partial charge in [0.2, 0.25) is 0 Å². The number of amides is 1. The Hall–Kier alpha value is -3.03. The van der Waals surface area contributed by atoms with E-state index in [9.17, 15) is 22.8 Å². The summed E-state index contributed by atoms with van der Waals surface area (Å²) in [5.41, 5.74) is -1.36. The fourth-order valence-corrected chi connectivity index (χ4v) is 2.31. The van der Waals surface area contributed by atoms with Crippen LogP contribution in [0.15, 0.2) is 54.6 Å². The molecule has 1 atom stereocenters. The molecule has 0 aromatic heterocycles. The molecule has 28 heavy (non-hydrogen) atoms. The summed E-state index contributed by atoms with van der Waals surface area (Å²) in [6.07, 6.45) is -5.45. The Morgan fingerprint density at radius 3 is 2.36 bits per heavy atom. The number of hydrogen-bond donors (Lipinski definition) is 1. The number of benzene rings is 2. The zero-order chi connectivity index (χ0) is 20.6. The number of hydrogen-bond acceptors (Lipinski definition) is 4. The lowest BCUT2D eigenvalue weighted by Gasteiger charge is -2.16. The second-order valence-electron chi connectivity index (χ2n) is 5.93. The zero-order valence-electron chi connectivity index (χ0n) is 15.2. The average molecular weight is 395 g/mol. The second-order valence-corrected chi connectivity index (χ2v) is 5.93. The molecule has 0 aliphatic rings. The van der Waals surface area contributed by atoms with Crippen molar-refractivity contribution in [1.82, 2.24) is 0 Å². The quantitative estimate of drug-likeness (QED) is 0.530. The van der Waals surface area contributed by atoms with Crippen LogP contribution in [0.5, 0.6) is 5.75 Å². The van der Waals surface area contributed by atoms with Crippen LogP contribution >= 0.6 is 0 Å². The molecule has 0 saturated carbocycles. The number of ether oxygens (including phenoxy) is 2. The molecular weight excluding hydrogens is 375 g/mol. The number of nitrogens with one attached hydrogen (secondary N) is 1. The van der Waals surface area contributed by atoms with Crippen molar-refractivity contribution < 1.29 is 32.2 Å². The third-order valence-electron chi connectivity index (χ3n) is 3.70. The fourth-order valence-electron chi connectivity index (χ4n) is 2.31. The fraction of sp³-hybridized carbons (Fsp3) is 0.300. The van der Waals surface area contributed by atoms with Gasteiger partial charge in [0.15, 0.2) is 6.10 Å². The molecule has 0 radical (unpaired) electrons. The van der Waals surface area contributed by atoms with Crippen molar-refractivity contribution in [3.63, 3.8) is 0 Å². The lowest BCUT2D eigenvalue weighted by molar-refractivity contribution is -0.153. The van der Waals surface area contributed by atoms with Gasteiger partial charge in [-0.1, -0.05) is 30.3 Å². The van der Waals surface area contributed by atoms with Gasteiger partial charge >= 0.3 is 12.1 Å². The minimum absolute atomic E-state index is 0.0175. The van der Waals surface area contributed by atoms with E-state index in [4.69, 9.17) is 9.47 Å². The van der Waals surface area contributed by atoms with E-state index in [1.165, 1.54) is 19.1 Å². The van der Waals surface area contributed by atoms with Crippen molar-refractivity contribution in [2.45, 2.75) is 32.0 Å². The van der Waals surface area contributed by atoms with Crippen molar-refractivity contribution in [2.24, 2.45) is 0 Å². The maximum Gasteiger partial charge on any atom is 0.418 e. The number of carbonyl (C=O) groups excluding carboxylic acids is 2. The monoisotopic (exact) mass is 395 g/mol. The van der Waals surface area contributed by atoms with Crippen LogP contribution in [0.25, 0.3) is 0 Å². The number of anilines is 1. The van der Waals surface area contributed by atoms with Crippen LogP contribution in [-0.4, -0.2) is 24.6 Å². The van der Waals surface area contributed by atoms with Crippen LogP contribution in [0.4, 0.5) is 18.9 Å². The molecule has 5 nitrogen and oxygen atoms in total. The summed E-state index contributed by atoms with van der Waals surface area (Å²) >= 11 is 0. The first kappa shape index (κ1) is 21.3. The Balaban J connectivity index is 1.78. The molecule has 1 N–H and O–H groups in total. The highest BCUT2D eigenvalue weighted by Crippen LogP contribution is 2.34. The minimum atomic E-state index is -4.61. The Labute approximate surface area is 160 Å².